The lowest BCUT2D eigenvalue weighted by Gasteiger charge is -2.30. The first-order chi connectivity index (χ1) is 10.2. The lowest BCUT2D eigenvalue weighted by molar-refractivity contribution is 0.113. The largest absolute Gasteiger partial charge is 0.376 e. The third-order valence-electron chi connectivity index (χ3n) is 3.78. The van der Waals surface area contributed by atoms with Crippen LogP contribution in [0.15, 0.2) is 24.5 Å². The maximum absolute atomic E-state index is 5.63. The van der Waals surface area contributed by atoms with Gasteiger partial charge in [0, 0.05) is 38.1 Å². The van der Waals surface area contributed by atoms with Gasteiger partial charge in [0.2, 0.25) is 0 Å². The molecule has 0 unspecified atom stereocenters. The zero-order valence-electron chi connectivity index (χ0n) is 12.9. The Morgan fingerprint density at radius 2 is 2.24 bits per heavy atom. The van der Waals surface area contributed by atoms with E-state index in [0.717, 1.165) is 44.1 Å². The first-order valence-electron chi connectivity index (χ1n) is 7.72. The number of hydrogen-bond acceptors (Lipinski definition) is 3. The standard InChI is InChI=1S/C16H25N3OS/c1-13(2)19(10-7-14-5-8-17-9-6-14)16(21)18-12-15-4-3-11-20-15/h5-6,8-9,13,15H,3-4,7,10-12H2,1-2H3,(H,18,21)/t15-/m1/s1. The molecule has 0 bridgehead atoms. The first-order valence-corrected chi connectivity index (χ1v) is 8.12. The molecule has 2 heterocycles. The Bertz CT molecular complexity index is 432. The minimum Gasteiger partial charge on any atom is -0.376 e. The van der Waals surface area contributed by atoms with Crippen molar-refractivity contribution in [3.8, 4) is 0 Å². The predicted molar refractivity (Wildman–Crippen MR) is 89.4 cm³/mol. The van der Waals surface area contributed by atoms with Gasteiger partial charge in [-0.2, -0.15) is 0 Å². The van der Waals surface area contributed by atoms with Crippen molar-refractivity contribution in [2.24, 2.45) is 0 Å². The van der Waals surface area contributed by atoms with Gasteiger partial charge in [-0.3, -0.25) is 4.98 Å². The molecule has 0 amide bonds. The summed E-state index contributed by atoms with van der Waals surface area (Å²) in [6, 6.07) is 4.50. The van der Waals surface area contributed by atoms with Crippen molar-refractivity contribution in [2.45, 2.75) is 45.3 Å². The zero-order valence-corrected chi connectivity index (χ0v) is 13.7. The summed E-state index contributed by atoms with van der Waals surface area (Å²) in [7, 11) is 0. The third kappa shape index (κ3) is 5.25. The van der Waals surface area contributed by atoms with Crippen LogP contribution in [0.5, 0.6) is 0 Å². The van der Waals surface area contributed by atoms with Crippen LogP contribution in [-0.4, -0.2) is 46.8 Å². The first kappa shape index (κ1) is 16.2. The molecule has 1 N–H and O–H groups in total. The van der Waals surface area contributed by atoms with E-state index in [-0.39, 0.29) is 0 Å². The van der Waals surface area contributed by atoms with Crippen LogP contribution in [0, 0.1) is 0 Å². The Labute approximate surface area is 132 Å². The van der Waals surface area contributed by atoms with Crippen LogP contribution >= 0.6 is 12.2 Å². The molecule has 1 aliphatic heterocycles. The molecule has 4 nitrogen and oxygen atoms in total. The van der Waals surface area contributed by atoms with Crippen LogP contribution < -0.4 is 5.32 Å². The lowest BCUT2D eigenvalue weighted by atomic mass is 10.2. The highest BCUT2D eigenvalue weighted by atomic mass is 32.1. The highest BCUT2D eigenvalue weighted by Gasteiger charge is 2.18. The van der Waals surface area contributed by atoms with E-state index < -0.39 is 0 Å². The van der Waals surface area contributed by atoms with E-state index in [1.54, 1.807) is 0 Å². The van der Waals surface area contributed by atoms with Crippen LogP contribution in [-0.2, 0) is 11.2 Å². The van der Waals surface area contributed by atoms with Crippen molar-refractivity contribution in [1.29, 1.82) is 0 Å². The van der Waals surface area contributed by atoms with Crippen LogP contribution in [0.2, 0.25) is 0 Å². The van der Waals surface area contributed by atoms with Crippen LogP contribution in [0.3, 0.4) is 0 Å². The maximum atomic E-state index is 5.63. The van der Waals surface area contributed by atoms with E-state index in [1.165, 1.54) is 5.56 Å². The molecule has 0 saturated carbocycles. The fourth-order valence-electron chi connectivity index (χ4n) is 2.50. The van der Waals surface area contributed by atoms with Gasteiger partial charge in [-0.15, -0.1) is 0 Å². The van der Waals surface area contributed by atoms with E-state index in [4.69, 9.17) is 17.0 Å². The minimum absolute atomic E-state index is 0.317. The summed E-state index contributed by atoms with van der Waals surface area (Å²) in [5.41, 5.74) is 1.29. The number of ether oxygens (including phenoxy) is 1. The van der Waals surface area contributed by atoms with Crippen molar-refractivity contribution < 1.29 is 4.74 Å². The Kier molecular flexibility index (Phi) is 6.39. The van der Waals surface area contributed by atoms with Crippen LogP contribution in [0.25, 0.3) is 0 Å². The molecule has 0 spiro atoms. The molecular weight excluding hydrogens is 282 g/mol. The van der Waals surface area contributed by atoms with Gasteiger partial charge >= 0.3 is 0 Å². The molecule has 1 aromatic rings. The van der Waals surface area contributed by atoms with E-state index in [9.17, 15) is 0 Å². The summed E-state index contributed by atoms with van der Waals surface area (Å²) in [4.78, 5) is 6.29. The van der Waals surface area contributed by atoms with E-state index in [2.05, 4.69) is 41.2 Å². The van der Waals surface area contributed by atoms with Gasteiger partial charge in [0.15, 0.2) is 5.11 Å². The van der Waals surface area contributed by atoms with E-state index >= 15 is 0 Å². The lowest BCUT2D eigenvalue weighted by Crippen LogP contribution is -2.46. The second-order valence-corrected chi connectivity index (χ2v) is 6.10. The van der Waals surface area contributed by atoms with Crippen molar-refractivity contribution in [1.82, 2.24) is 15.2 Å². The van der Waals surface area contributed by atoms with Gasteiger partial charge in [-0.05, 0) is 63.0 Å². The predicted octanol–water partition coefficient (Wildman–Crippen LogP) is 2.39. The Hall–Kier alpha value is -1.20. The number of hydrogen-bond donors (Lipinski definition) is 1. The third-order valence-corrected chi connectivity index (χ3v) is 4.16. The van der Waals surface area contributed by atoms with Crippen LogP contribution in [0.1, 0.15) is 32.3 Å². The summed E-state index contributed by atoms with van der Waals surface area (Å²) in [6.07, 6.45) is 7.26. The quantitative estimate of drug-likeness (QED) is 0.817. The second-order valence-electron chi connectivity index (χ2n) is 5.71. The van der Waals surface area contributed by atoms with Crippen molar-refractivity contribution in [3.63, 3.8) is 0 Å². The summed E-state index contributed by atoms with van der Waals surface area (Å²) in [5, 5.41) is 4.19. The molecule has 2 rings (SSSR count). The van der Waals surface area contributed by atoms with Gasteiger partial charge in [-0.1, -0.05) is 0 Å². The number of nitrogens with zero attached hydrogens (tertiary/aromatic N) is 2. The molecule has 1 atom stereocenters. The Morgan fingerprint density at radius 1 is 1.48 bits per heavy atom. The van der Waals surface area contributed by atoms with Crippen LogP contribution in [0.4, 0.5) is 0 Å². The molecule has 5 heteroatoms. The molecule has 1 fully saturated rings. The fourth-order valence-corrected chi connectivity index (χ4v) is 2.89. The van der Waals surface area contributed by atoms with E-state index in [1.807, 2.05) is 12.4 Å². The number of nitrogens with one attached hydrogen (secondary N) is 1. The summed E-state index contributed by atoms with van der Waals surface area (Å²) in [6.45, 7) is 6.96. The van der Waals surface area contributed by atoms with Gasteiger partial charge in [0.25, 0.3) is 0 Å². The van der Waals surface area contributed by atoms with E-state index in [0.29, 0.717) is 12.1 Å². The van der Waals surface area contributed by atoms with Crippen molar-refractivity contribution in [3.05, 3.63) is 30.1 Å². The van der Waals surface area contributed by atoms with Gasteiger partial charge in [-0.25, -0.2) is 0 Å². The molecule has 1 saturated heterocycles. The SMILES string of the molecule is CC(C)N(CCc1ccncc1)C(=S)NC[C@H]1CCCO1. The zero-order chi connectivity index (χ0) is 15.1. The Morgan fingerprint density at radius 3 is 2.86 bits per heavy atom. The number of thiocarbonyl (C=S) groups is 1. The average Bonchev–Trinajstić information content (AvgIpc) is 2.99. The molecule has 0 aliphatic carbocycles. The number of rotatable bonds is 6. The normalized spacial score (nSPS) is 18.0. The molecule has 1 aromatic heterocycles. The topological polar surface area (TPSA) is 37.4 Å². The molecule has 1 aliphatic rings. The molecular formula is C16H25N3OS. The monoisotopic (exact) mass is 307 g/mol. The highest BCUT2D eigenvalue weighted by Crippen LogP contribution is 2.11. The average molecular weight is 307 g/mol. The Balaban J connectivity index is 1.81. The minimum atomic E-state index is 0.317. The number of pyridine rings is 1. The van der Waals surface area contributed by atoms with Crippen molar-refractivity contribution >= 4 is 17.3 Å². The molecule has 0 radical (unpaired) electrons. The highest BCUT2D eigenvalue weighted by molar-refractivity contribution is 7.80. The molecule has 0 aromatic carbocycles. The molecule has 21 heavy (non-hydrogen) atoms. The maximum Gasteiger partial charge on any atom is 0.169 e. The fraction of sp³-hybridized carbons (Fsp3) is 0.625. The number of aromatic nitrogens is 1. The summed E-state index contributed by atoms with van der Waals surface area (Å²) in [5.74, 6) is 0. The molecule has 116 valence electrons. The second kappa shape index (κ2) is 8.29. The summed E-state index contributed by atoms with van der Waals surface area (Å²) >= 11 is 5.55. The van der Waals surface area contributed by atoms with Crippen molar-refractivity contribution in [2.75, 3.05) is 19.7 Å². The smallest absolute Gasteiger partial charge is 0.169 e. The van der Waals surface area contributed by atoms with Gasteiger partial charge < -0.3 is 15.0 Å². The summed E-state index contributed by atoms with van der Waals surface area (Å²) < 4.78 is 5.63. The van der Waals surface area contributed by atoms with Gasteiger partial charge in [0.05, 0.1) is 6.10 Å². The van der Waals surface area contributed by atoms with Gasteiger partial charge in [0.1, 0.15) is 0 Å².